The first-order valence-electron chi connectivity index (χ1n) is 5.15. The van der Waals surface area contributed by atoms with Crippen molar-refractivity contribution in [1.29, 1.82) is 0 Å². The Balaban J connectivity index is 2.80. The summed E-state index contributed by atoms with van der Waals surface area (Å²) in [5.41, 5.74) is 10.7. The lowest BCUT2D eigenvalue weighted by molar-refractivity contribution is 1.11. The fourth-order valence-corrected chi connectivity index (χ4v) is 1.97. The van der Waals surface area contributed by atoms with Crippen LogP contribution >= 0.6 is 0 Å². The van der Waals surface area contributed by atoms with Gasteiger partial charge in [0.1, 0.15) is 0 Å². The second-order valence-corrected chi connectivity index (χ2v) is 3.58. The zero-order chi connectivity index (χ0) is 10.1. The maximum Gasteiger partial charge on any atom is 0.0693 e. The molecule has 0 radical (unpaired) electrons. The number of fused-ring (bicyclic) bond motifs is 1. The molecule has 0 saturated heterocycles. The topological polar surface area (TPSA) is 41.8 Å². The Hall–Kier alpha value is -1.44. The molecular weight excluding hydrogens is 172 g/mol. The Morgan fingerprint density at radius 3 is 2.57 bits per heavy atom. The largest absolute Gasteiger partial charge is 0.397 e. The summed E-state index contributed by atoms with van der Waals surface area (Å²) in [5, 5.41) is 1.27. The molecule has 1 aromatic heterocycles. The molecular formula is C12H16N2. The molecule has 1 aromatic carbocycles. The molecule has 14 heavy (non-hydrogen) atoms. The van der Waals surface area contributed by atoms with Gasteiger partial charge in [0.15, 0.2) is 0 Å². The first-order chi connectivity index (χ1) is 6.77. The van der Waals surface area contributed by atoms with Gasteiger partial charge in [-0.15, -0.1) is 0 Å². The predicted octanol–water partition coefficient (Wildman–Crippen LogP) is 2.87. The normalized spacial score (nSPS) is 11.0. The molecule has 2 rings (SSSR count). The summed E-state index contributed by atoms with van der Waals surface area (Å²) in [6, 6.07) is 4.33. The molecule has 0 bridgehead atoms. The van der Waals surface area contributed by atoms with E-state index in [9.17, 15) is 0 Å². The van der Waals surface area contributed by atoms with Gasteiger partial charge < -0.3 is 10.7 Å². The average Bonchev–Trinajstić information content (AvgIpc) is 2.68. The molecule has 0 aliphatic rings. The van der Waals surface area contributed by atoms with Gasteiger partial charge in [0.05, 0.1) is 11.2 Å². The highest BCUT2D eigenvalue weighted by atomic mass is 14.7. The summed E-state index contributed by atoms with van der Waals surface area (Å²) in [4.78, 5) is 3.21. The van der Waals surface area contributed by atoms with E-state index in [2.05, 4.69) is 31.0 Å². The number of rotatable bonds is 2. The van der Waals surface area contributed by atoms with Crippen LogP contribution < -0.4 is 5.73 Å². The van der Waals surface area contributed by atoms with Crippen LogP contribution in [0.3, 0.4) is 0 Å². The first kappa shape index (κ1) is 9.13. The molecule has 0 amide bonds. The fourth-order valence-electron chi connectivity index (χ4n) is 1.97. The van der Waals surface area contributed by atoms with Crippen molar-refractivity contribution in [3.63, 3.8) is 0 Å². The standard InChI is InChI=1S/C12H16N2/c1-3-8-7-9(4-2)11(13)12-10(8)5-6-14-12/h5-7,14H,3-4,13H2,1-2H3. The minimum atomic E-state index is 0.907. The third-order valence-corrected chi connectivity index (χ3v) is 2.82. The zero-order valence-corrected chi connectivity index (χ0v) is 8.72. The van der Waals surface area contributed by atoms with Crippen LogP contribution in [-0.2, 0) is 12.8 Å². The highest BCUT2D eigenvalue weighted by molar-refractivity contribution is 5.94. The van der Waals surface area contributed by atoms with Crippen LogP contribution in [0.1, 0.15) is 25.0 Å². The van der Waals surface area contributed by atoms with E-state index < -0.39 is 0 Å². The Morgan fingerprint density at radius 1 is 1.21 bits per heavy atom. The van der Waals surface area contributed by atoms with E-state index in [4.69, 9.17) is 5.73 Å². The second-order valence-electron chi connectivity index (χ2n) is 3.58. The van der Waals surface area contributed by atoms with E-state index in [0.717, 1.165) is 24.0 Å². The maximum absolute atomic E-state index is 6.07. The summed E-state index contributed by atoms with van der Waals surface area (Å²) in [5.74, 6) is 0. The van der Waals surface area contributed by atoms with Gasteiger partial charge in [0, 0.05) is 11.6 Å². The van der Waals surface area contributed by atoms with Crippen LogP contribution in [0.15, 0.2) is 18.3 Å². The Kier molecular flexibility index (Phi) is 2.20. The summed E-state index contributed by atoms with van der Waals surface area (Å²) >= 11 is 0. The molecule has 1 heterocycles. The second kappa shape index (κ2) is 3.37. The van der Waals surface area contributed by atoms with Crippen molar-refractivity contribution in [2.24, 2.45) is 0 Å². The molecule has 2 nitrogen and oxygen atoms in total. The zero-order valence-electron chi connectivity index (χ0n) is 8.72. The van der Waals surface area contributed by atoms with Gasteiger partial charge in [0.2, 0.25) is 0 Å². The molecule has 0 aliphatic carbocycles. The molecule has 2 heteroatoms. The number of benzene rings is 1. The lowest BCUT2D eigenvalue weighted by Crippen LogP contribution is -1.96. The van der Waals surface area contributed by atoms with E-state index in [0.29, 0.717) is 0 Å². The molecule has 3 N–H and O–H groups in total. The molecule has 0 aliphatic heterocycles. The van der Waals surface area contributed by atoms with Crippen molar-refractivity contribution >= 4 is 16.6 Å². The van der Waals surface area contributed by atoms with Gasteiger partial charge in [-0.25, -0.2) is 0 Å². The lowest BCUT2D eigenvalue weighted by Gasteiger charge is -2.08. The quantitative estimate of drug-likeness (QED) is 0.699. The minimum Gasteiger partial charge on any atom is -0.397 e. The van der Waals surface area contributed by atoms with E-state index in [-0.39, 0.29) is 0 Å². The van der Waals surface area contributed by atoms with Crippen LogP contribution in [0.2, 0.25) is 0 Å². The van der Waals surface area contributed by atoms with Gasteiger partial charge in [-0.3, -0.25) is 0 Å². The van der Waals surface area contributed by atoms with E-state index >= 15 is 0 Å². The first-order valence-corrected chi connectivity index (χ1v) is 5.15. The van der Waals surface area contributed by atoms with Gasteiger partial charge in [-0.1, -0.05) is 19.9 Å². The van der Waals surface area contributed by atoms with Crippen molar-refractivity contribution in [3.05, 3.63) is 29.5 Å². The van der Waals surface area contributed by atoms with Gasteiger partial charge in [-0.05, 0) is 30.0 Å². The smallest absolute Gasteiger partial charge is 0.0693 e. The Morgan fingerprint density at radius 2 is 1.93 bits per heavy atom. The number of hydrogen-bond acceptors (Lipinski definition) is 1. The van der Waals surface area contributed by atoms with Crippen LogP contribution in [0.4, 0.5) is 5.69 Å². The number of nitrogens with two attached hydrogens (primary N) is 1. The number of nitrogens with one attached hydrogen (secondary N) is 1. The van der Waals surface area contributed by atoms with Crippen molar-refractivity contribution < 1.29 is 0 Å². The number of aromatic amines is 1. The summed E-state index contributed by atoms with van der Waals surface area (Å²) in [6.45, 7) is 4.32. The predicted molar refractivity (Wildman–Crippen MR) is 61.5 cm³/mol. The Labute approximate surface area is 84.1 Å². The van der Waals surface area contributed by atoms with Gasteiger partial charge in [-0.2, -0.15) is 0 Å². The summed E-state index contributed by atoms with van der Waals surface area (Å²) < 4.78 is 0. The number of H-pyrrole nitrogens is 1. The highest BCUT2D eigenvalue weighted by Crippen LogP contribution is 2.28. The maximum atomic E-state index is 6.07. The van der Waals surface area contributed by atoms with Crippen molar-refractivity contribution in [1.82, 2.24) is 4.98 Å². The number of hydrogen-bond donors (Lipinski definition) is 2. The molecule has 0 spiro atoms. The highest BCUT2D eigenvalue weighted by Gasteiger charge is 2.07. The lowest BCUT2D eigenvalue weighted by atomic mass is 10.0. The monoisotopic (exact) mass is 188 g/mol. The van der Waals surface area contributed by atoms with Crippen molar-refractivity contribution in [2.45, 2.75) is 26.7 Å². The van der Waals surface area contributed by atoms with Crippen LogP contribution in [0.25, 0.3) is 10.9 Å². The SMILES string of the molecule is CCc1cc(CC)c2cc[nH]c2c1N. The van der Waals surface area contributed by atoms with Gasteiger partial charge in [0.25, 0.3) is 0 Å². The van der Waals surface area contributed by atoms with E-state index in [1.807, 2.05) is 6.20 Å². The molecule has 0 unspecified atom stereocenters. The van der Waals surface area contributed by atoms with Crippen molar-refractivity contribution in [2.75, 3.05) is 5.73 Å². The van der Waals surface area contributed by atoms with Crippen molar-refractivity contribution in [3.8, 4) is 0 Å². The molecule has 74 valence electrons. The third kappa shape index (κ3) is 1.18. The van der Waals surface area contributed by atoms with Gasteiger partial charge >= 0.3 is 0 Å². The fraction of sp³-hybridized carbons (Fsp3) is 0.333. The number of aromatic nitrogens is 1. The van der Waals surface area contributed by atoms with Crippen LogP contribution in [-0.4, -0.2) is 4.98 Å². The summed E-state index contributed by atoms with van der Waals surface area (Å²) in [6.07, 6.45) is 4.01. The third-order valence-electron chi connectivity index (χ3n) is 2.82. The van der Waals surface area contributed by atoms with E-state index in [1.54, 1.807) is 0 Å². The molecule has 0 saturated carbocycles. The Bertz CT molecular complexity index is 455. The number of nitrogen functional groups attached to an aromatic ring is 1. The average molecular weight is 188 g/mol. The van der Waals surface area contributed by atoms with Crippen LogP contribution in [0, 0.1) is 0 Å². The molecule has 0 atom stereocenters. The molecule has 0 fully saturated rings. The number of anilines is 1. The molecule has 2 aromatic rings. The number of aryl methyl sites for hydroxylation is 2. The summed E-state index contributed by atoms with van der Waals surface area (Å²) in [7, 11) is 0. The minimum absolute atomic E-state index is 0.907. The van der Waals surface area contributed by atoms with E-state index in [1.165, 1.54) is 16.5 Å². The van der Waals surface area contributed by atoms with Crippen LogP contribution in [0.5, 0.6) is 0 Å².